The molecule has 1 aromatic rings. The van der Waals surface area contributed by atoms with Crippen molar-refractivity contribution in [3.8, 4) is 5.75 Å². The van der Waals surface area contributed by atoms with Crippen LogP contribution in [0.2, 0.25) is 0 Å². The first-order valence-electron chi connectivity index (χ1n) is 7.23. The molecule has 0 aliphatic heterocycles. The molecule has 0 aromatic heterocycles. The molecule has 0 saturated carbocycles. The second-order valence-electron chi connectivity index (χ2n) is 4.73. The van der Waals surface area contributed by atoms with Crippen molar-refractivity contribution in [1.82, 2.24) is 5.32 Å². The van der Waals surface area contributed by atoms with Crippen molar-refractivity contribution >= 4 is 17.6 Å². The summed E-state index contributed by atoms with van der Waals surface area (Å²) in [6.07, 6.45) is 0.296. The summed E-state index contributed by atoms with van der Waals surface area (Å²) in [5, 5.41) is 13.6. The van der Waals surface area contributed by atoms with Gasteiger partial charge in [-0.1, -0.05) is 6.92 Å². The molecule has 1 amide bonds. The van der Waals surface area contributed by atoms with Crippen LogP contribution in [0.15, 0.2) is 18.2 Å². The van der Waals surface area contributed by atoms with Gasteiger partial charge in [-0.3, -0.25) is 14.9 Å². The van der Waals surface area contributed by atoms with E-state index in [4.69, 9.17) is 9.47 Å². The lowest BCUT2D eigenvalue weighted by Crippen LogP contribution is -2.41. The van der Waals surface area contributed by atoms with Gasteiger partial charge in [0.25, 0.3) is 11.6 Å². The first-order valence-corrected chi connectivity index (χ1v) is 7.23. The summed E-state index contributed by atoms with van der Waals surface area (Å²) < 4.78 is 14.7. The van der Waals surface area contributed by atoms with E-state index in [2.05, 4.69) is 10.1 Å². The monoisotopic (exact) mass is 340 g/mol. The molecule has 9 nitrogen and oxygen atoms in total. The standard InChI is InChI=1S/C15H20N2O7/c1-4-12(15(19)23-3)16-14(18)11-6-5-10(24-8-7-22-2)9-13(11)17(20)21/h5-6,9,12H,4,7-8H2,1-3H3,(H,16,18)/t12-/m0/s1. The number of nitro groups is 1. The van der Waals surface area contributed by atoms with Crippen molar-refractivity contribution in [2.75, 3.05) is 27.4 Å². The Labute approximate surface area is 139 Å². The Morgan fingerprint density at radius 3 is 2.54 bits per heavy atom. The molecule has 0 spiro atoms. The number of amides is 1. The minimum Gasteiger partial charge on any atom is -0.491 e. The number of methoxy groups -OCH3 is 2. The van der Waals surface area contributed by atoms with Crippen LogP contribution < -0.4 is 10.1 Å². The van der Waals surface area contributed by atoms with E-state index in [0.29, 0.717) is 13.0 Å². The lowest BCUT2D eigenvalue weighted by molar-refractivity contribution is -0.385. The van der Waals surface area contributed by atoms with Gasteiger partial charge >= 0.3 is 5.97 Å². The summed E-state index contributed by atoms with van der Waals surface area (Å²) in [5.41, 5.74) is -0.580. The van der Waals surface area contributed by atoms with Crippen LogP contribution in [-0.2, 0) is 14.3 Å². The highest BCUT2D eigenvalue weighted by Gasteiger charge is 2.25. The van der Waals surface area contributed by atoms with Gasteiger partial charge in [0.05, 0.1) is 24.7 Å². The molecule has 0 radical (unpaired) electrons. The quantitative estimate of drug-likeness (QED) is 0.311. The average Bonchev–Trinajstić information content (AvgIpc) is 2.58. The van der Waals surface area contributed by atoms with Gasteiger partial charge in [0.15, 0.2) is 0 Å². The van der Waals surface area contributed by atoms with E-state index >= 15 is 0 Å². The van der Waals surface area contributed by atoms with Crippen molar-refractivity contribution in [1.29, 1.82) is 0 Å². The number of ether oxygens (including phenoxy) is 3. The maximum absolute atomic E-state index is 12.2. The van der Waals surface area contributed by atoms with E-state index in [1.54, 1.807) is 6.92 Å². The molecule has 24 heavy (non-hydrogen) atoms. The lowest BCUT2D eigenvalue weighted by Gasteiger charge is -2.14. The molecule has 0 saturated heterocycles. The maximum Gasteiger partial charge on any atom is 0.328 e. The van der Waals surface area contributed by atoms with Gasteiger partial charge in [-0.2, -0.15) is 0 Å². The van der Waals surface area contributed by atoms with E-state index in [-0.39, 0.29) is 17.9 Å². The summed E-state index contributed by atoms with van der Waals surface area (Å²) in [5.74, 6) is -1.11. The topological polar surface area (TPSA) is 117 Å². The fraction of sp³-hybridized carbons (Fsp3) is 0.467. The van der Waals surface area contributed by atoms with Crippen LogP contribution in [0.1, 0.15) is 23.7 Å². The molecular formula is C15H20N2O7. The van der Waals surface area contributed by atoms with Crippen molar-refractivity contribution in [2.45, 2.75) is 19.4 Å². The predicted molar refractivity (Wildman–Crippen MR) is 84.0 cm³/mol. The second kappa shape index (κ2) is 9.46. The third-order valence-electron chi connectivity index (χ3n) is 3.17. The van der Waals surface area contributed by atoms with Crippen LogP contribution in [0.25, 0.3) is 0 Å². The molecule has 0 aliphatic carbocycles. The number of nitro benzene ring substituents is 1. The van der Waals surface area contributed by atoms with Crippen LogP contribution >= 0.6 is 0 Å². The van der Waals surface area contributed by atoms with Crippen LogP contribution in [0.3, 0.4) is 0 Å². The number of nitrogens with zero attached hydrogens (tertiary/aromatic N) is 1. The van der Waals surface area contributed by atoms with E-state index in [9.17, 15) is 19.7 Å². The number of esters is 1. The Hall–Kier alpha value is -2.68. The largest absolute Gasteiger partial charge is 0.491 e. The number of carbonyl (C=O) groups excluding carboxylic acids is 2. The van der Waals surface area contributed by atoms with Crippen LogP contribution in [0, 0.1) is 10.1 Å². The van der Waals surface area contributed by atoms with Crippen molar-refractivity contribution in [3.63, 3.8) is 0 Å². The first kappa shape index (κ1) is 19.4. The molecule has 0 aliphatic rings. The Morgan fingerprint density at radius 2 is 2.00 bits per heavy atom. The Balaban J connectivity index is 2.98. The van der Waals surface area contributed by atoms with Gasteiger partial charge in [0.1, 0.15) is 24.0 Å². The SMILES string of the molecule is CC[C@H](NC(=O)c1ccc(OCCOC)cc1[N+](=O)[O-])C(=O)OC. The molecule has 1 N–H and O–H groups in total. The maximum atomic E-state index is 12.2. The molecule has 9 heteroatoms. The van der Waals surface area contributed by atoms with Gasteiger partial charge in [-0.05, 0) is 18.6 Å². The molecular weight excluding hydrogens is 320 g/mol. The zero-order chi connectivity index (χ0) is 18.1. The smallest absolute Gasteiger partial charge is 0.328 e. The Morgan fingerprint density at radius 1 is 1.29 bits per heavy atom. The molecule has 1 aromatic carbocycles. The fourth-order valence-electron chi connectivity index (χ4n) is 1.89. The molecule has 0 fully saturated rings. The van der Waals surface area contributed by atoms with Gasteiger partial charge in [-0.25, -0.2) is 4.79 Å². The zero-order valence-corrected chi connectivity index (χ0v) is 13.7. The van der Waals surface area contributed by atoms with Gasteiger partial charge in [0, 0.05) is 7.11 Å². The number of hydrogen-bond donors (Lipinski definition) is 1. The lowest BCUT2D eigenvalue weighted by atomic mass is 10.1. The van der Waals surface area contributed by atoms with Crippen LogP contribution in [0.5, 0.6) is 5.75 Å². The molecule has 0 heterocycles. The molecule has 1 atom stereocenters. The Kier molecular flexibility index (Phi) is 7.63. The molecule has 1 rings (SSSR count). The third-order valence-corrected chi connectivity index (χ3v) is 3.17. The summed E-state index contributed by atoms with van der Waals surface area (Å²) in [6, 6.07) is 3.00. The van der Waals surface area contributed by atoms with Crippen molar-refractivity contribution in [2.24, 2.45) is 0 Å². The van der Waals surface area contributed by atoms with E-state index in [1.807, 2.05) is 0 Å². The molecule has 0 unspecified atom stereocenters. The fourth-order valence-corrected chi connectivity index (χ4v) is 1.89. The van der Waals surface area contributed by atoms with Gasteiger partial charge in [0.2, 0.25) is 0 Å². The highest BCUT2D eigenvalue weighted by molar-refractivity contribution is 6.00. The summed E-state index contributed by atoms with van der Waals surface area (Å²) in [7, 11) is 2.70. The summed E-state index contributed by atoms with van der Waals surface area (Å²) in [4.78, 5) is 34.3. The van der Waals surface area contributed by atoms with Crippen LogP contribution in [-0.4, -0.2) is 50.3 Å². The first-order chi connectivity index (χ1) is 11.4. The summed E-state index contributed by atoms with van der Waals surface area (Å²) in [6.45, 7) is 2.23. The number of carbonyl (C=O) groups is 2. The number of benzene rings is 1. The normalized spacial score (nSPS) is 11.5. The van der Waals surface area contributed by atoms with E-state index < -0.39 is 28.5 Å². The van der Waals surface area contributed by atoms with Crippen LogP contribution in [0.4, 0.5) is 5.69 Å². The van der Waals surface area contributed by atoms with E-state index in [1.165, 1.54) is 26.4 Å². The average molecular weight is 340 g/mol. The third kappa shape index (κ3) is 5.20. The highest BCUT2D eigenvalue weighted by Crippen LogP contribution is 2.25. The summed E-state index contributed by atoms with van der Waals surface area (Å²) >= 11 is 0. The second-order valence-corrected chi connectivity index (χ2v) is 4.73. The number of nitrogens with one attached hydrogen (secondary N) is 1. The van der Waals surface area contributed by atoms with Crippen molar-refractivity contribution < 1.29 is 28.7 Å². The van der Waals surface area contributed by atoms with E-state index in [0.717, 1.165) is 6.07 Å². The number of hydrogen-bond acceptors (Lipinski definition) is 7. The molecule has 132 valence electrons. The minimum atomic E-state index is -0.875. The molecule has 0 bridgehead atoms. The predicted octanol–water partition coefficient (Wildman–Crippen LogP) is 1.30. The van der Waals surface area contributed by atoms with Gasteiger partial charge in [-0.15, -0.1) is 0 Å². The minimum absolute atomic E-state index is 0.165. The highest BCUT2D eigenvalue weighted by atomic mass is 16.6. The van der Waals surface area contributed by atoms with Crippen molar-refractivity contribution in [3.05, 3.63) is 33.9 Å². The van der Waals surface area contributed by atoms with Gasteiger partial charge < -0.3 is 19.5 Å². The Bertz CT molecular complexity index is 603. The number of rotatable bonds is 9. The zero-order valence-electron chi connectivity index (χ0n) is 13.7.